The van der Waals surface area contributed by atoms with E-state index in [0.29, 0.717) is 25.8 Å². The van der Waals surface area contributed by atoms with E-state index in [2.05, 4.69) is 15.4 Å². The van der Waals surface area contributed by atoms with E-state index in [1.807, 2.05) is 0 Å². The van der Waals surface area contributed by atoms with E-state index in [9.17, 15) is 19.2 Å². The van der Waals surface area contributed by atoms with Gasteiger partial charge in [0.2, 0.25) is 0 Å². The highest BCUT2D eigenvalue weighted by molar-refractivity contribution is 5.86. The molecular weight excluding hydrogens is 310 g/mol. The summed E-state index contributed by atoms with van der Waals surface area (Å²) in [6.07, 6.45) is 0.859. The second-order valence-electron chi connectivity index (χ2n) is 4.80. The topological polar surface area (TPSA) is 168 Å². The molecule has 132 valence electrons. The molecule has 0 aromatic carbocycles. The Hall–Kier alpha value is -2.36. The van der Waals surface area contributed by atoms with E-state index in [1.165, 1.54) is 7.11 Å². The summed E-state index contributed by atoms with van der Waals surface area (Å²) in [6, 6.07) is -3.18. The number of ether oxygens (including phenoxy) is 1. The number of nitrogens with two attached hydrogens (primary N) is 1. The summed E-state index contributed by atoms with van der Waals surface area (Å²) in [6.45, 7) is 0.441. The van der Waals surface area contributed by atoms with E-state index in [0.717, 1.165) is 0 Å². The number of urea groups is 1. The van der Waals surface area contributed by atoms with Gasteiger partial charge in [-0.05, 0) is 32.2 Å². The third-order valence-electron chi connectivity index (χ3n) is 2.99. The van der Waals surface area contributed by atoms with Crippen LogP contribution in [0.4, 0.5) is 4.79 Å². The Morgan fingerprint density at radius 3 is 2.13 bits per heavy atom. The van der Waals surface area contributed by atoms with Crippen LogP contribution >= 0.6 is 0 Å². The Labute approximate surface area is 133 Å². The van der Waals surface area contributed by atoms with E-state index >= 15 is 0 Å². The van der Waals surface area contributed by atoms with Gasteiger partial charge in [-0.3, -0.25) is 4.79 Å². The van der Waals surface area contributed by atoms with Gasteiger partial charge in [0.15, 0.2) is 0 Å². The number of hydrogen-bond acceptors (Lipinski definition) is 6. The van der Waals surface area contributed by atoms with Gasteiger partial charge in [-0.15, -0.1) is 0 Å². The van der Waals surface area contributed by atoms with E-state index in [-0.39, 0.29) is 6.42 Å². The minimum Gasteiger partial charge on any atom is -0.481 e. The minimum atomic E-state index is -1.37. The van der Waals surface area contributed by atoms with Crippen molar-refractivity contribution in [2.24, 2.45) is 5.73 Å². The van der Waals surface area contributed by atoms with Crippen LogP contribution in [0.25, 0.3) is 0 Å². The second kappa shape index (κ2) is 11.2. The first-order valence-corrected chi connectivity index (χ1v) is 7.11. The van der Waals surface area contributed by atoms with Crippen molar-refractivity contribution in [1.82, 2.24) is 10.6 Å². The average molecular weight is 333 g/mol. The number of hydrogen-bond donors (Lipinski definition) is 5. The Balaban J connectivity index is 4.59. The number of nitrogens with one attached hydrogen (secondary N) is 2. The number of amides is 2. The van der Waals surface area contributed by atoms with Crippen LogP contribution in [0.3, 0.4) is 0 Å². The molecule has 0 aliphatic rings. The Morgan fingerprint density at radius 1 is 1.04 bits per heavy atom. The Morgan fingerprint density at radius 2 is 1.65 bits per heavy atom. The third-order valence-corrected chi connectivity index (χ3v) is 2.99. The highest BCUT2D eigenvalue weighted by Crippen LogP contribution is 2.03. The molecule has 0 saturated carbocycles. The number of carboxylic acid groups (broad SMARTS) is 2. The average Bonchev–Trinajstić information content (AvgIpc) is 2.49. The number of aliphatic carboxylic acids is 2. The standard InChI is InChI=1S/C13H23N3O7/c1-23-12(21)9(4-2-3-7-14)16-13(22)15-8(11(19)20)5-6-10(17)18/h8-9H,2-7,14H2,1H3,(H,17,18)(H,19,20)(H2,15,16,22)/t8-,9-/m0/s1. The predicted molar refractivity (Wildman–Crippen MR) is 78.7 cm³/mol. The molecule has 23 heavy (non-hydrogen) atoms. The summed E-state index contributed by atoms with van der Waals surface area (Å²) in [5, 5.41) is 22.0. The number of carbonyl (C=O) groups is 4. The van der Waals surface area contributed by atoms with Gasteiger partial charge in [0.1, 0.15) is 12.1 Å². The molecule has 0 rings (SSSR count). The smallest absolute Gasteiger partial charge is 0.328 e. The molecule has 0 heterocycles. The Bertz CT molecular complexity index is 428. The van der Waals surface area contributed by atoms with Gasteiger partial charge in [0, 0.05) is 6.42 Å². The molecule has 2 amide bonds. The summed E-state index contributed by atoms with van der Waals surface area (Å²) in [7, 11) is 1.17. The van der Waals surface area contributed by atoms with E-state index < -0.39 is 42.4 Å². The lowest BCUT2D eigenvalue weighted by molar-refractivity contribution is -0.143. The molecule has 0 aromatic heterocycles. The first-order chi connectivity index (χ1) is 10.8. The van der Waals surface area contributed by atoms with Crippen LogP contribution < -0.4 is 16.4 Å². The van der Waals surface area contributed by atoms with Crippen LogP contribution in [0.15, 0.2) is 0 Å². The number of carboxylic acids is 2. The van der Waals surface area contributed by atoms with Gasteiger partial charge in [0.05, 0.1) is 7.11 Å². The van der Waals surface area contributed by atoms with Crippen LogP contribution in [0.1, 0.15) is 32.1 Å². The number of esters is 1. The molecule has 2 atom stereocenters. The molecule has 0 fully saturated rings. The van der Waals surface area contributed by atoms with Crippen LogP contribution in [-0.2, 0) is 19.1 Å². The Kier molecular flexibility index (Phi) is 10.1. The normalized spacial score (nSPS) is 12.8. The van der Waals surface area contributed by atoms with E-state index in [4.69, 9.17) is 15.9 Å². The lowest BCUT2D eigenvalue weighted by Gasteiger charge is -2.19. The lowest BCUT2D eigenvalue weighted by atomic mass is 10.1. The van der Waals surface area contributed by atoms with Gasteiger partial charge in [-0.1, -0.05) is 0 Å². The zero-order valence-corrected chi connectivity index (χ0v) is 12.9. The van der Waals surface area contributed by atoms with Crippen LogP contribution in [0.2, 0.25) is 0 Å². The zero-order chi connectivity index (χ0) is 17.8. The molecule has 10 heteroatoms. The summed E-state index contributed by atoms with van der Waals surface area (Å²) in [4.78, 5) is 44.9. The predicted octanol–water partition coefficient (Wildman–Crippen LogP) is -0.726. The van der Waals surface area contributed by atoms with Gasteiger partial charge >= 0.3 is 23.9 Å². The molecule has 10 nitrogen and oxygen atoms in total. The minimum absolute atomic E-state index is 0.270. The van der Waals surface area contributed by atoms with Crippen molar-refractivity contribution >= 4 is 23.9 Å². The summed E-state index contributed by atoms with van der Waals surface area (Å²) < 4.78 is 4.57. The molecule has 6 N–H and O–H groups in total. The van der Waals surface area contributed by atoms with Gasteiger partial charge in [0.25, 0.3) is 0 Å². The summed E-state index contributed by atoms with van der Waals surface area (Å²) >= 11 is 0. The van der Waals surface area contributed by atoms with Gasteiger partial charge in [-0.2, -0.15) is 0 Å². The number of methoxy groups -OCH3 is 1. The first-order valence-electron chi connectivity index (χ1n) is 7.11. The summed E-state index contributed by atoms with van der Waals surface area (Å²) in [5.74, 6) is -3.19. The van der Waals surface area contributed by atoms with Crippen molar-refractivity contribution in [3.05, 3.63) is 0 Å². The molecule has 0 aliphatic heterocycles. The van der Waals surface area contributed by atoms with E-state index in [1.54, 1.807) is 0 Å². The largest absolute Gasteiger partial charge is 0.481 e. The monoisotopic (exact) mass is 333 g/mol. The number of rotatable bonds is 11. The molecule has 0 bridgehead atoms. The quantitative estimate of drug-likeness (QED) is 0.243. The van der Waals surface area contributed by atoms with Crippen LogP contribution in [0.5, 0.6) is 0 Å². The lowest BCUT2D eigenvalue weighted by Crippen LogP contribution is -2.51. The molecule has 0 spiro atoms. The van der Waals surface area contributed by atoms with Crippen molar-refractivity contribution in [2.75, 3.05) is 13.7 Å². The molecule has 0 aliphatic carbocycles. The number of carbonyl (C=O) groups excluding carboxylic acids is 2. The fraction of sp³-hybridized carbons (Fsp3) is 0.692. The highest BCUT2D eigenvalue weighted by Gasteiger charge is 2.25. The first kappa shape index (κ1) is 20.6. The van der Waals surface area contributed by atoms with Crippen molar-refractivity contribution in [1.29, 1.82) is 0 Å². The van der Waals surface area contributed by atoms with Crippen LogP contribution in [0, 0.1) is 0 Å². The maximum absolute atomic E-state index is 11.8. The van der Waals surface area contributed by atoms with Crippen LogP contribution in [-0.4, -0.2) is 59.9 Å². The fourth-order valence-corrected chi connectivity index (χ4v) is 1.77. The van der Waals surface area contributed by atoms with Gasteiger partial charge < -0.3 is 31.3 Å². The maximum Gasteiger partial charge on any atom is 0.328 e. The fourth-order valence-electron chi connectivity index (χ4n) is 1.77. The van der Waals surface area contributed by atoms with Crippen molar-refractivity contribution in [3.8, 4) is 0 Å². The molecule has 0 unspecified atom stereocenters. The van der Waals surface area contributed by atoms with Crippen molar-refractivity contribution < 1.29 is 34.1 Å². The number of unbranched alkanes of at least 4 members (excludes halogenated alkanes) is 1. The highest BCUT2D eigenvalue weighted by atomic mass is 16.5. The van der Waals surface area contributed by atoms with Crippen molar-refractivity contribution in [2.45, 2.75) is 44.2 Å². The zero-order valence-electron chi connectivity index (χ0n) is 12.9. The molecular formula is C13H23N3O7. The second-order valence-corrected chi connectivity index (χ2v) is 4.80. The third kappa shape index (κ3) is 9.30. The van der Waals surface area contributed by atoms with Crippen molar-refractivity contribution in [3.63, 3.8) is 0 Å². The molecule has 0 saturated heterocycles. The van der Waals surface area contributed by atoms with Gasteiger partial charge in [-0.25, -0.2) is 14.4 Å². The molecule has 0 radical (unpaired) electrons. The molecule has 0 aromatic rings. The maximum atomic E-state index is 11.8. The summed E-state index contributed by atoms with van der Waals surface area (Å²) in [5.41, 5.74) is 5.35. The SMILES string of the molecule is COC(=O)[C@H](CCCCN)NC(=O)N[C@@H](CCC(=O)O)C(=O)O.